The van der Waals surface area contributed by atoms with E-state index in [9.17, 15) is 19.5 Å². The van der Waals surface area contributed by atoms with Gasteiger partial charge in [0.1, 0.15) is 6.23 Å². The smallest absolute Gasteiger partial charge is 0.240 e. The molecule has 3 rings (SSSR count). The number of fused-ring (bicyclic) bond motifs is 1. The molecular formula is C41H68N6O6. The molecule has 0 radical (unpaired) electrons. The molecule has 1 aliphatic rings. The molecule has 0 saturated carbocycles. The number of benzene rings is 1. The van der Waals surface area contributed by atoms with Gasteiger partial charge >= 0.3 is 0 Å². The van der Waals surface area contributed by atoms with E-state index in [1.165, 1.54) is 0 Å². The van der Waals surface area contributed by atoms with Crippen molar-refractivity contribution in [3.8, 4) is 0 Å². The number of carbonyl (C=O) groups is 3. The second kappa shape index (κ2) is 21.1. The Kier molecular flexibility index (Phi) is 17.6. The first-order valence-electron chi connectivity index (χ1n) is 19.5. The van der Waals surface area contributed by atoms with Crippen molar-refractivity contribution in [2.75, 3.05) is 41.4 Å². The fraction of sp³-hybridized carbons (Fsp3) is 0.707. The minimum atomic E-state index is -0.931. The number of methoxy groups -OCH3 is 2. The molecule has 2 aromatic rings. The number of aliphatic hydroxyl groups is 1. The molecule has 1 fully saturated rings. The molecule has 12 heteroatoms. The summed E-state index contributed by atoms with van der Waals surface area (Å²) in [5, 5.41) is 22.7. The summed E-state index contributed by atoms with van der Waals surface area (Å²) in [5.41, 5.74) is 1.13. The summed E-state index contributed by atoms with van der Waals surface area (Å²) in [7, 11) is 6.77. The van der Waals surface area contributed by atoms with Gasteiger partial charge < -0.3 is 35.0 Å². The number of rotatable bonds is 21. The summed E-state index contributed by atoms with van der Waals surface area (Å²) >= 11 is 0. The topological polar surface area (TPSA) is 145 Å². The van der Waals surface area contributed by atoms with E-state index in [1.54, 1.807) is 39.4 Å². The highest BCUT2D eigenvalue weighted by Gasteiger charge is 2.43. The maximum atomic E-state index is 14.2. The fourth-order valence-electron chi connectivity index (χ4n) is 8.00. The molecule has 3 amide bonds. The number of aliphatic hydroxyl groups excluding tert-OH is 1. The first kappa shape index (κ1) is 44.2. The standard InChI is InChI=1S/C41H68N6O6/c1-12-27(6)37(46(9)41(51)36(26(4)5)45-40(50)35(42-8)25(2)3)33(52-10)23-34(48)47-21-13-14-32(47)38(53-11)28(7)39(49)44-20-17-29-15-16-31-24-43-19-18-30(31)22-29/h15-16,18-19,22,24-28,32-33,35-38,40,42,45,50H,12-14,17,20-21,23H2,1-11H3,(H,44,49)/t27-,28+,32-,33+,35-,36-,37?,38+,40?/m0/s1. The van der Waals surface area contributed by atoms with E-state index in [4.69, 9.17) is 9.47 Å². The van der Waals surface area contributed by atoms with Gasteiger partial charge in [0.05, 0.1) is 42.7 Å². The van der Waals surface area contributed by atoms with Crippen molar-refractivity contribution in [2.45, 2.75) is 123 Å². The lowest BCUT2D eigenvalue weighted by Crippen LogP contribution is -2.61. The molecule has 0 bridgehead atoms. The van der Waals surface area contributed by atoms with E-state index >= 15 is 0 Å². The SMILES string of the molecule is CC[C@H](C)C([C@@H](CC(=O)N1CCC[C@H]1[C@H](OC)[C@@H](C)C(=O)NCCc1ccc2cnccc2c1)OC)N(C)C(=O)[C@@H](NC(O)[C@@H](NC)C(C)C)C(C)C. The Morgan fingerprint density at radius 3 is 2.36 bits per heavy atom. The van der Waals surface area contributed by atoms with Crippen LogP contribution in [0.1, 0.15) is 79.7 Å². The minimum Gasteiger partial charge on any atom is -0.379 e. The molecule has 12 nitrogen and oxygen atoms in total. The predicted molar refractivity (Wildman–Crippen MR) is 210 cm³/mol. The van der Waals surface area contributed by atoms with Gasteiger partial charge in [0.2, 0.25) is 17.7 Å². The maximum absolute atomic E-state index is 14.2. The van der Waals surface area contributed by atoms with Crippen LogP contribution in [0, 0.1) is 23.7 Å². The normalized spacial score (nSPS) is 19.4. The van der Waals surface area contributed by atoms with Gasteiger partial charge in [-0.3, -0.25) is 24.7 Å². The average Bonchev–Trinajstić information content (AvgIpc) is 3.62. The van der Waals surface area contributed by atoms with Gasteiger partial charge in [0, 0.05) is 58.2 Å². The van der Waals surface area contributed by atoms with Crippen molar-refractivity contribution in [3.05, 3.63) is 42.2 Å². The third kappa shape index (κ3) is 11.4. The third-order valence-electron chi connectivity index (χ3n) is 11.4. The lowest BCUT2D eigenvalue weighted by molar-refractivity contribution is -0.147. The molecule has 53 heavy (non-hydrogen) atoms. The van der Waals surface area contributed by atoms with Gasteiger partial charge in [-0.1, -0.05) is 73.1 Å². The zero-order valence-corrected chi connectivity index (χ0v) is 34.1. The lowest BCUT2D eigenvalue weighted by atomic mass is 9.89. The van der Waals surface area contributed by atoms with Gasteiger partial charge in [-0.2, -0.15) is 0 Å². The van der Waals surface area contributed by atoms with Crippen molar-refractivity contribution < 1.29 is 29.0 Å². The molecule has 298 valence electrons. The van der Waals surface area contributed by atoms with Crippen molar-refractivity contribution in [2.24, 2.45) is 23.7 Å². The zero-order chi connectivity index (χ0) is 39.4. The van der Waals surface area contributed by atoms with Crippen LogP contribution < -0.4 is 16.0 Å². The molecule has 2 heterocycles. The molecule has 1 saturated heterocycles. The van der Waals surface area contributed by atoms with Gasteiger partial charge in [-0.15, -0.1) is 0 Å². The Morgan fingerprint density at radius 2 is 1.75 bits per heavy atom. The van der Waals surface area contributed by atoms with Crippen LogP contribution in [0.15, 0.2) is 36.7 Å². The minimum absolute atomic E-state index is 0.0246. The average molecular weight is 741 g/mol. The first-order chi connectivity index (χ1) is 25.2. The van der Waals surface area contributed by atoms with E-state index in [-0.39, 0.29) is 54.0 Å². The largest absolute Gasteiger partial charge is 0.379 e. The van der Waals surface area contributed by atoms with Crippen molar-refractivity contribution >= 4 is 28.5 Å². The van der Waals surface area contributed by atoms with Crippen LogP contribution in [-0.2, 0) is 30.3 Å². The lowest BCUT2D eigenvalue weighted by Gasteiger charge is -2.41. The molecule has 0 aliphatic carbocycles. The van der Waals surface area contributed by atoms with Gasteiger partial charge in [0.15, 0.2) is 0 Å². The van der Waals surface area contributed by atoms with Gasteiger partial charge in [-0.05, 0) is 61.1 Å². The van der Waals surface area contributed by atoms with Crippen LogP contribution in [0.3, 0.4) is 0 Å². The molecule has 1 aliphatic heterocycles. The van der Waals surface area contributed by atoms with Gasteiger partial charge in [0.25, 0.3) is 0 Å². The highest BCUT2D eigenvalue weighted by molar-refractivity contribution is 5.83. The van der Waals surface area contributed by atoms with E-state index in [0.29, 0.717) is 19.5 Å². The molecular weight excluding hydrogens is 672 g/mol. The number of likely N-dealkylation sites (tertiary alicyclic amines) is 1. The fourth-order valence-corrected chi connectivity index (χ4v) is 8.00. The van der Waals surface area contributed by atoms with E-state index in [1.807, 2.05) is 57.8 Å². The number of likely N-dealkylation sites (N-methyl/N-ethyl adjacent to an activating group) is 2. The van der Waals surface area contributed by atoms with Crippen molar-refractivity contribution in [1.29, 1.82) is 0 Å². The number of carbonyl (C=O) groups excluding carboxylic acids is 3. The maximum Gasteiger partial charge on any atom is 0.240 e. The molecule has 0 spiro atoms. The van der Waals surface area contributed by atoms with E-state index < -0.39 is 36.4 Å². The van der Waals surface area contributed by atoms with E-state index in [0.717, 1.165) is 35.6 Å². The summed E-state index contributed by atoms with van der Waals surface area (Å²) in [6.45, 7) is 15.0. The highest BCUT2D eigenvalue weighted by Crippen LogP contribution is 2.30. The third-order valence-corrected chi connectivity index (χ3v) is 11.4. The summed E-state index contributed by atoms with van der Waals surface area (Å²) in [4.78, 5) is 49.5. The Bertz CT molecular complexity index is 1460. The summed E-state index contributed by atoms with van der Waals surface area (Å²) in [6, 6.07) is 6.66. The Labute approximate surface area is 318 Å². The van der Waals surface area contributed by atoms with Crippen LogP contribution in [0.25, 0.3) is 10.8 Å². The molecule has 9 atom stereocenters. The number of amides is 3. The predicted octanol–water partition coefficient (Wildman–Crippen LogP) is 3.99. The highest BCUT2D eigenvalue weighted by atomic mass is 16.5. The number of ether oxygens (including phenoxy) is 2. The number of nitrogens with zero attached hydrogens (tertiary/aromatic N) is 3. The zero-order valence-electron chi connectivity index (χ0n) is 34.1. The van der Waals surface area contributed by atoms with Crippen LogP contribution in [0.5, 0.6) is 0 Å². The number of pyridine rings is 1. The Balaban J connectivity index is 1.70. The summed E-state index contributed by atoms with van der Waals surface area (Å²) in [6.07, 6.45) is 4.71. The summed E-state index contributed by atoms with van der Waals surface area (Å²) in [5.74, 6) is -0.770. The van der Waals surface area contributed by atoms with Crippen molar-refractivity contribution in [3.63, 3.8) is 0 Å². The van der Waals surface area contributed by atoms with Crippen LogP contribution >= 0.6 is 0 Å². The molecule has 4 N–H and O–H groups in total. The number of aromatic nitrogens is 1. The number of hydrogen-bond donors (Lipinski definition) is 4. The van der Waals surface area contributed by atoms with Crippen molar-refractivity contribution in [1.82, 2.24) is 30.7 Å². The number of hydrogen-bond acceptors (Lipinski definition) is 9. The Morgan fingerprint density at radius 1 is 1.04 bits per heavy atom. The molecule has 1 aromatic heterocycles. The Hall–Kier alpha value is -3.16. The molecule has 2 unspecified atom stereocenters. The second-order valence-corrected chi connectivity index (χ2v) is 15.6. The van der Waals surface area contributed by atoms with Gasteiger partial charge in [-0.25, -0.2) is 0 Å². The quantitative estimate of drug-likeness (QED) is 0.140. The van der Waals surface area contributed by atoms with E-state index in [2.05, 4.69) is 46.9 Å². The molecule has 1 aromatic carbocycles. The second-order valence-electron chi connectivity index (χ2n) is 15.6. The summed E-state index contributed by atoms with van der Waals surface area (Å²) < 4.78 is 12.0. The monoisotopic (exact) mass is 741 g/mol. The first-order valence-corrected chi connectivity index (χ1v) is 19.5. The van der Waals surface area contributed by atoms with Crippen LogP contribution in [-0.4, -0.2) is 122 Å². The van der Waals surface area contributed by atoms with Crippen LogP contribution in [0.4, 0.5) is 0 Å². The number of nitrogens with one attached hydrogen (secondary N) is 3. The van der Waals surface area contributed by atoms with Crippen LogP contribution in [0.2, 0.25) is 0 Å².